The van der Waals surface area contributed by atoms with E-state index in [1.807, 2.05) is 30.3 Å². The summed E-state index contributed by atoms with van der Waals surface area (Å²) in [5, 5.41) is 0.867. The van der Waals surface area contributed by atoms with Crippen LogP contribution in [0.25, 0.3) is 0 Å². The molecule has 0 bridgehead atoms. The summed E-state index contributed by atoms with van der Waals surface area (Å²) in [7, 11) is -3.64. The molecule has 1 amide bonds. The van der Waals surface area contributed by atoms with Crippen LogP contribution in [0.3, 0.4) is 0 Å². The first-order chi connectivity index (χ1) is 13.3. The quantitative estimate of drug-likeness (QED) is 0.804. The van der Waals surface area contributed by atoms with E-state index in [0.717, 1.165) is 11.0 Å². The SMILES string of the molecule is C=CS(=O)(=O)N[C@@H]1CN(C(=O)c2ccc(C)c(F)c2)C[C@H]1Cc1ccccc1.[HH]. The fourth-order valence-electron chi connectivity index (χ4n) is 3.46. The average Bonchev–Trinajstić information content (AvgIpc) is 3.06. The number of benzene rings is 2. The zero-order valence-electron chi connectivity index (χ0n) is 15.6. The Morgan fingerprint density at radius 3 is 2.64 bits per heavy atom. The minimum atomic E-state index is -3.64. The standard InChI is InChI=1S/C21H23FN2O3S.H2/c1-3-28(26,27)23-20-14-24(13-18(20)11-16-7-5-4-6-8-16)21(25)17-10-9-15(2)19(22)12-17;/h3-10,12,18,20,23H,1,11,13-14H2,2H3;1H/t18-,20-;/m1./s1. The van der Waals surface area contributed by atoms with Crippen LogP contribution in [0.4, 0.5) is 4.39 Å². The van der Waals surface area contributed by atoms with Crippen LogP contribution in [0.2, 0.25) is 0 Å². The number of sulfonamides is 1. The summed E-state index contributed by atoms with van der Waals surface area (Å²) in [6.45, 7) is 5.57. The van der Waals surface area contributed by atoms with Gasteiger partial charge in [0, 0.05) is 31.5 Å². The van der Waals surface area contributed by atoms with Gasteiger partial charge in [-0.05, 0) is 42.5 Å². The Kier molecular flexibility index (Phi) is 5.96. The van der Waals surface area contributed by atoms with Gasteiger partial charge >= 0.3 is 0 Å². The monoisotopic (exact) mass is 404 g/mol. The van der Waals surface area contributed by atoms with Crippen molar-refractivity contribution in [3.8, 4) is 0 Å². The third-order valence-corrected chi connectivity index (χ3v) is 6.09. The van der Waals surface area contributed by atoms with Crippen LogP contribution < -0.4 is 4.72 Å². The largest absolute Gasteiger partial charge is 0.337 e. The van der Waals surface area contributed by atoms with E-state index in [1.54, 1.807) is 24.0 Å². The van der Waals surface area contributed by atoms with Crippen molar-refractivity contribution in [2.45, 2.75) is 19.4 Å². The number of likely N-dealkylation sites (tertiary alicyclic amines) is 1. The molecule has 2 atom stereocenters. The minimum Gasteiger partial charge on any atom is -0.337 e. The lowest BCUT2D eigenvalue weighted by molar-refractivity contribution is 0.0785. The molecule has 150 valence electrons. The molecule has 1 heterocycles. The molecular formula is C21H25FN2O3S. The summed E-state index contributed by atoms with van der Waals surface area (Å²) in [5.41, 5.74) is 1.79. The Bertz CT molecular complexity index is 983. The molecule has 2 aromatic rings. The molecule has 1 N–H and O–H groups in total. The summed E-state index contributed by atoms with van der Waals surface area (Å²) in [6, 6.07) is 13.6. The Labute approximate surface area is 166 Å². The molecule has 0 aromatic heterocycles. The lowest BCUT2D eigenvalue weighted by atomic mass is 9.95. The molecule has 1 aliphatic heterocycles. The average molecular weight is 405 g/mol. The van der Waals surface area contributed by atoms with Crippen LogP contribution >= 0.6 is 0 Å². The van der Waals surface area contributed by atoms with Crippen molar-refractivity contribution in [2.24, 2.45) is 5.92 Å². The third-order valence-electron chi connectivity index (χ3n) is 5.02. The zero-order valence-corrected chi connectivity index (χ0v) is 16.5. The molecule has 1 aliphatic rings. The third kappa shape index (κ3) is 4.66. The van der Waals surface area contributed by atoms with Crippen molar-refractivity contribution in [3.63, 3.8) is 0 Å². The number of aryl methyl sites for hydroxylation is 1. The van der Waals surface area contributed by atoms with Gasteiger partial charge in [-0.25, -0.2) is 17.5 Å². The molecule has 5 nitrogen and oxygen atoms in total. The molecular weight excluding hydrogens is 379 g/mol. The number of nitrogens with one attached hydrogen (secondary N) is 1. The van der Waals surface area contributed by atoms with Gasteiger partial charge in [0.15, 0.2) is 0 Å². The van der Waals surface area contributed by atoms with Gasteiger partial charge < -0.3 is 4.90 Å². The zero-order chi connectivity index (χ0) is 20.3. The molecule has 0 saturated carbocycles. The van der Waals surface area contributed by atoms with Gasteiger partial charge in [0.1, 0.15) is 5.82 Å². The fourth-order valence-corrected chi connectivity index (χ4v) is 4.25. The number of rotatable bonds is 6. The second-order valence-electron chi connectivity index (χ2n) is 7.06. The number of carbonyl (C=O) groups excluding carboxylic acids is 1. The van der Waals surface area contributed by atoms with Crippen molar-refractivity contribution < 1.29 is 19.0 Å². The highest BCUT2D eigenvalue weighted by Gasteiger charge is 2.37. The molecule has 1 saturated heterocycles. The Morgan fingerprint density at radius 1 is 1.29 bits per heavy atom. The van der Waals surface area contributed by atoms with E-state index in [1.165, 1.54) is 6.07 Å². The highest BCUT2D eigenvalue weighted by molar-refractivity contribution is 7.92. The molecule has 3 rings (SSSR count). The van der Waals surface area contributed by atoms with Crippen molar-refractivity contribution in [2.75, 3.05) is 13.1 Å². The van der Waals surface area contributed by atoms with Crippen molar-refractivity contribution in [1.29, 1.82) is 0 Å². The lowest BCUT2D eigenvalue weighted by Crippen LogP contribution is -2.40. The maximum Gasteiger partial charge on any atom is 0.254 e. The second-order valence-corrected chi connectivity index (χ2v) is 8.72. The number of amides is 1. The Balaban J connectivity index is 0.00000300. The van der Waals surface area contributed by atoms with Crippen molar-refractivity contribution >= 4 is 15.9 Å². The van der Waals surface area contributed by atoms with Gasteiger partial charge in [-0.2, -0.15) is 0 Å². The van der Waals surface area contributed by atoms with E-state index in [-0.39, 0.29) is 25.4 Å². The predicted molar refractivity (Wildman–Crippen MR) is 109 cm³/mol. The van der Waals surface area contributed by atoms with E-state index < -0.39 is 21.9 Å². The van der Waals surface area contributed by atoms with Crippen LogP contribution in [0, 0.1) is 18.7 Å². The number of carbonyl (C=O) groups is 1. The number of nitrogens with zero attached hydrogens (tertiary/aromatic N) is 1. The lowest BCUT2D eigenvalue weighted by Gasteiger charge is -2.18. The van der Waals surface area contributed by atoms with Crippen LogP contribution in [0.5, 0.6) is 0 Å². The smallest absolute Gasteiger partial charge is 0.254 e. The summed E-state index contributed by atoms with van der Waals surface area (Å²) in [5.74, 6) is -0.844. The normalized spacial score (nSPS) is 19.6. The van der Waals surface area contributed by atoms with E-state index in [9.17, 15) is 17.6 Å². The molecule has 2 aromatic carbocycles. The molecule has 0 aliphatic carbocycles. The van der Waals surface area contributed by atoms with Crippen LogP contribution in [-0.4, -0.2) is 38.4 Å². The maximum atomic E-state index is 13.9. The summed E-state index contributed by atoms with van der Waals surface area (Å²) in [4.78, 5) is 14.4. The number of hydrogen-bond acceptors (Lipinski definition) is 3. The van der Waals surface area contributed by atoms with E-state index in [2.05, 4.69) is 11.3 Å². The first kappa shape index (κ1) is 20.2. The maximum absolute atomic E-state index is 13.9. The highest BCUT2D eigenvalue weighted by Crippen LogP contribution is 2.24. The number of hydrogen-bond donors (Lipinski definition) is 1. The molecule has 0 spiro atoms. The first-order valence-electron chi connectivity index (χ1n) is 9.03. The van der Waals surface area contributed by atoms with Crippen molar-refractivity contribution in [1.82, 2.24) is 9.62 Å². The summed E-state index contributed by atoms with van der Waals surface area (Å²) in [6.07, 6.45) is 0.622. The molecule has 28 heavy (non-hydrogen) atoms. The fraction of sp³-hybridized carbons (Fsp3) is 0.286. The molecule has 0 unspecified atom stereocenters. The van der Waals surface area contributed by atoms with Crippen molar-refractivity contribution in [3.05, 3.63) is 83.0 Å². The van der Waals surface area contributed by atoms with Crippen LogP contribution in [0.15, 0.2) is 60.5 Å². The van der Waals surface area contributed by atoms with Crippen LogP contribution in [-0.2, 0) is 16.4 Å². The second kappa shape index (κ2) is 8.24. The molecule has 7 heteroatoms. The summed E-state index contributed by atoms with van der Waals surface area (Å²) >= 11 is 0. The summed E-state index contributed by atoms with van der Waals surface area (Å²) < 4.78 is 40.5. The van der Waals surface area contributed by atoms with Gasteiger partial charge in [-0.15, -0.1) is 0 Å². The minimum absolute atomic E-state index is 0. The highest BCUT2D eigenvalue weighted by atomic mass is 32.2. The predicted octanol–water partition coefficient (Wildman–Crippen LogP) is 3.13. The van der Waals surface area contributed by atoms with E-state index in [4.69, 9.17) is 0 Å². The molecule has 0 radical (unpaired) electrons. The van der Waals surface area contributed by atoms with E-state index >= 15 is 0 Å². The van der Waals surface area contributed by atoms with Gasteiger partial charge in [-0.3, -0.25) is 4.79 Å². The first-order valence-corrected chi connectivity index (χ1v) is 10.6. The van der Waals surface area contributed by atoms with Gasteiger partial charge in [0.05, 0.1) is 0 Å². The molecule has 1 fully saturated rings. The number of halogens is 1. The van der Waals surface area contributed by atoms with Gasteiger partial charge in [0.2, 0.25) is 10.0 Å². The Morgan fingerprint density at radius 2 is 2.00 bits per heavy atom. The van der Waals surface area contributed by atoms with Gasteiger partial charge in [-0.1, -0.05) is 43.0 Å². The van der Waals surface area contributed by atoms with Gasteiger partial charge in [0.25, 0.3) is 5.91 Å². The van der Waals surface area contributed by atoms with E-state index in [0.29, 0.717) is 18.5 Å². The Hall–Kier alpha value is -2.51. The van der Waals surface area contributed by atoms with Crippen LogP contribution in [0.1, 0.15) is 22.9 Å². The topological polar surface area (TPSA) is 66.5 Å².